The summed E-state index contributed by atoms with van der Waals surface area (Å²) in [6.45, 7) is 7.68. The van der Waals surface area contributed by atoms with Gasteiger partial charge in [0.15, 0.2) is 0 Å². The van der Waals surface area contributed by atoms with E-state index in [1.54, 1.807) is 0 Å². The second-order valence-electron chi connectivity index (χ2n) is 15.1. The lowest BCUT2D eigenvalue weighted by Gasteiger charge is -2.09. The molecule has 0 aromatic rings. The van der Waals surface area contributed by atoms with Gasteiger partial charge in [0.1, 0.15) is 0 Å². The Morgan fingerprint density at radius 2 is 0.549 bits per heavy atom. The van der Waals surface area contributed by atoms with Crippen molar-refractivity contribution in [2.45, 2.75) is 232 Å². The van der Waals surface area contributed by atoms with Crippen LogP contribution in [0.5, 0.6) is 0 Å². The van der Waals surface area contributed by atoms with Gasteiger partial charge < -0.3 is 24.8 Å². The van der Waals surface area contributed by atoms with Crippen LogP contribution in [0.3, 0.4) is 0 Å². The van der Waals surface area contributed by atoms with Crippen LogP contribution in [0.25, 0.3) is 0 Å². The fourth-order valence-corrected chi connectivity index (χ4v) is 6.58. The minimum absolute atomic E-state index is 0.338. The molecule has 0 aliphatic carbocycles. The molecule has 0 saturated heterocycles. The van der Waals surface area contributed by atoms with E-state index in [4.69, 9.17) is 14.2 Å². The zero-order valence-corrected chi connectivity index (χ0v) is 34.3. The molecule has 0 heterocycles. The lowest BCUT2D eigenvalue weighted by molar-refractivity contribution is 0.0852. The van der Waals surface area contributed by atoms with E-state index in [1.807, 2.05) is 0 Å². The van der Waals surface area contributed by atoms with Crippen molar-refractivity contribution >= 4 is 12.2 Å². The number of hydrogen-bond acceptors (Lipinski definition) is 5. The molecule has 0 bridgehead atoms. The summed E-state index contributed by atoms with van der Waals surface area (Å²) in [5.74, 6) is 0. The molecule has 0 atom stereocenters. The number of amides is 2. The van der Waals surface area contributed by atoms with Crippen molar-refractivity contribution in [3.8, 4) is 0 Å². The number of unbranched alkanes of at least 4 members (excludes halogenated alkanes) is 30. The first-order valence-corrected chi connectivity index (χ1v) is 22.6. The molecule has 0 aromatic carbocycles. The molecule has 0 spiro atoms. The molecule has 0 aliphatic rings. The SMILES string of the molecule is CCCCCCCCCCCCCCCCCCNC(=O)OCCCOCCCOC(=O)NCCCCCCCCCCCCCCCCCC. The highest BCUT2D eigenvalue weighted by Crippen LogP contribution is 2.15. The Labute approximate surface area is 317 Å². The van der Waals surface area contributed by atoms with Crippen LogP contribution >= 0.6 is 0 Å². The van der Waals surface area contributed by atoms with Gasteiger partial charge in [-0.2, -0.15) is 0 Å². The van der Waals surface area contributed by atoms with Crippen LogP contribution in [0, 0.1) is 0 Å². The van der Waals surface area contributed by atoms with E-state index >= 15 is 0 Å². The Bertz CT molecular complexity index is 636. The summed E-state index contributed by atoms with van der Waals surface area (Å²) in [6, 6.07) is 0. The molecule has 7 nitrogen and oxygen atoms in total. The van der Waals surface area contributed by atoms with Crippen molar-refractivity contribution < 1.29 is 23.8 Å². The van der Waals surface area contributed by atoms with Crippen LogP contribution in [-0.2, 0) is 14.2 Å². The second kappa shape index (κ2) is 44.7. The summed E-state index contributed by atoms with van der Waals surface area (Å²) < 4.78 is 16.0. The number of carbonyl (C=O) groups excluding carboxylic acids is 2. The molecule has 304 valence electrons. The highest BCUT2D eigenvalue weighted by atomic mass is 16.6. The molecule has 0 unspecified atom stereocenters. The average molecular weight is 725 g/mol. The third-order valence-corrected chi connectivity index (χ3v) is 9.93. The Morgan fingerprint density at radius 3 is 0.804 bits per heavy atom. The first-order valence-electron chi connectivity index (χ1n) is 22.6. The molecule has 0 fully saturated rings. The lowest BCUT2D eigenvalue weighted by atomic mass is 10.0. The zero-order chi connectivity index (χ0) is 37.0. The van der Waals surface area contributed by atoms with E-state index in [0.717, 1.165) is 25.7 Å². The van der Waals surface area contributed by atoms with E-state index in [9.17, 15) is 9.59 Å². The number of carbonyl (C=O) groups is 2. The number of ether oxygens (including phenoxy) is 3. The Kier molecular flexibility index (Phi) is 43.3. The van der Waals surface area contributed by atoms with Gasteiger partial charge in [-0.15, -0.1) is 0 Å². The minimum atomic E-state index is -0.338. The molecule has 51 heavy (non-hydrogen) atoms. The quantitative estimate of drug-likeness (QED) is 0.0612. The van der Waals surface area contributed by atoms with Crippen LogP contribution in [0.15, 0.2) is 0 Å². The van der Waals surface area contributed by atoms with E-state index in [2.05, 4.69) is 24.5 Å². The smallest absolute Gasteiger partial charge is 0.407 e. The average Bonchev–Trinajstić information content (AvgIpc) is 3.13. The third-order valence-electron chi connectivity index (χ3n) is 9.93. The monoisotopic (exact) mass is 725 g/mol. The Hall–Kier alpha value is -1.50. The van der Waals surface area contributed by atoms with Crippen molar-refractivity contribution in [1.29, 1.82) is 0 Å². The Balaban J connectivity index is 3.23. The summed E-state index contributed by atoms with van der Waals surface area (Å²) in [6.07, 6.45) is 43.7. The Morgan fingerprint density at radius 1 is 0.314 bits per heavy atom. The number of hydrogen-bond donors (Lipinski definition) is 2. The fourth-order valence-electron chi connectivity index (χ4n) is 6.58. The van der Waals surface area contributed by atoms with Gasteiger partial charge in [0.25, 0.3) is 0 Å². The molecule has 0 aromatic heterocycles. The summed E-state index contributed by atoms with van der Waals surface area (Å²) in [5.41, 5.74) is 0. The van der Waals surface area contributed by atoms with Gasteiger partial charge in [0, 0.05) is 39.1 Å². The molecule has 0 rings (SSSR count). The van der Waals surface area contributed by atoms with Gasteiger partial charge in [-0.1, -0.05) is 206 Å². The van der Waals surface area contributed by atoms with Crippen LogP contribution in [0.2, 0.25) is 0 Å². The molecule has 0 radical (unpaired) electrons. The fraction of sp³-hybridized carbons (Fsp3) is 0.955. The predicted octanol–water partition coefficient (Wildman–Crippen LogP) is 13.8. The van der Waals surface area contributed by atoms with E-state index in [1.165, 1.54) is 180 Å². The van der Waals surface area contributed by atoms with Crippen LogP contribution in [0.1, 0.15) is 232 Å². The maximum atomic E-state index is 11.8. The molecule has 2 N–H and O–H groups in total. The summed E-state index contributed by atoms with van der Waals surface area (Å²) in [4.78, 5) is 23.7. The first kappa shape index (κ1) is 49.5. The van der Waals surface area contributed by atoms with Gasteiger partial charge in [-0.05, 0) is 12.8 Å². The molecule has 0 saturated carbocycles. The summed E-state index contributed by atoms with van der Waals surface area (Å²) in [5, 5.41) is 5.70. The molecule has 0 aliphatic heterocycles. The van der Waals surface area contributed by atoms with Gasteiger partial charge >= 0.3 is 12.2 Å². The standard InChI is InChI=1S/C44H88N2O5/c1-3-5-7-9-11-13-15-17-19-21-23-25-27-29-31-33-37-45-43(47)50-41-35-39-49-40-36-42-51-44(48)46-38-34-32-30-28-26-24-22-20-18-16-14-12-10-8-6-4-2/h3-42H2,1-2H3,(H,45,47)(H,46,48). The first-order chi connectivity index (χ1) is 25.2. The van der Waals surface area contributed by atoms with E-state index in [0.29, 0.717) is 52.4 Å². The number of rotatable bonds is 42. The molecular weight excluding hydrogens is 636 g/mol. The van der Waals surface area contributed by atoms with Gasteiger partial charge in [-0.25, -0.2) is 9.59 Å². The van der Waals surface area contributed by atoms with Crippen molar-refractivity contribution in [2.24, 2.45) is 0 Å². The predicted molar refractivity (Wildman–Crippen MR) is 218 cm³/mol. The highest BCUT2D eigenvalue weighted by Gasteiger charge is 2.03. The highest BCUT2D eigenvalue weighted by molar-refractivity contribution is 5.67. The molecular formula is C44H88N2O5. The number of nitrogens with one attached hydrogen (secondary N) is 2. The second-order valence-corrected chi connectivity index (χ2v) is 15.1. The minimum Gasteiger partial charge on any atom is -0.449 e. The van der Waals surface area contributed by atoms with Crippen LogP contribution < -0.4 is 10.6 Å². The van der Waals surface area contributed by atoms with Crippen LogP contribution in [0.4, 0.5) is 9.59 Å². The lowest BCUT2D eigenvalue weighted by Crippen LogP contribution is -2.26. The van der Waals surface area contributed by atoms with E-state index in [-0.39, 0.29) is 12.2 Å². The van der Waals surface area contributed by atoms with Gasteiger partial charge in [0.05, 0.1) is 13.2 Å². The molecule has 2 amide bonds. The topological polar surface area (TPSA) is 85.9 Å². The maximum absolute atomic E-state index is 11.8. The van der Waals surface area contributed by atoms with Gasteiger partial charge in [0.2, 0.25) is 0 Å². The van der Waals surface area contributed by atoms with Crippen molar-refractivity contribution in [1.82, 2.24) is 10.6 Å². The third kappa shape index (κ3) is 44.6. The normalized spacial score (nSPS) is 11.2. The van der Waals surface area contributed by atoms with E-state index < -0.39 is 0 Å². The zero-order valence-electron chi connectivity index (χ0n) is 34.3. The number of alkyl carbamates (subject to hydrolysis) is 2. The van der Waals surface area contributed by atoms with Crippen molar-refractivity contribution in [3.05, 3.63) is 0 Å². The summed E-state index contributed by atoms with van der Waals surface area (Å²) in [7, 11) is 0. The largest absolute Gasteiger partial charge is 0.449 e. The van der Waals surface area contributed by atoms with Gasteiger partial charge in [-0.3, -0.25) is 0 Å². The summed E-state index contributed by atoms with van der Waals surface area (Å²) >= 11 is 0. The maximum Gasteiger partial charge on any atom is 0.407 e. The van der Waals surface area contributed by atoms with Crippen LogP contribution in [-0.4, -0.2) is 51.7 Å². The molecule has 7 heteroatoms. The van der Waals surface area contributed by atoms with Crippen molar-refractivity contribution in [2.75, 3.05) is 39.5 Å². The van der Waals surface area contributed by atoms with Crippen molar-refractivity contribution in [3.63, 3.8) is 0 Å².